The summed E-state index contributed by atoms with van der Waals surface area (Å²) in [5, 5.41) is 14.4. The van der Waals surface area contributed by atoms with Crippen molar-refractivity contribution in [2.45, 2.75) is 6.42 Å². The number of carbonyl (C=O) groups is 1. The van der Waals surface area contributed by atoms with Crippen LogP contribution in [0.15, 0.2) is 54.7 Å². The van der Waals surface area contributed by atoms with Crippen molar-refractivity contribution in [2.75, 3.05) is 48.6 Å². The number of hydrogen-bond donors (Lipinski definition) is 2. The lowest BCUT2D eigenvalue weighted by Gasteiger charge is -2.28. The van der Waals surface area contributed by atoms with Crippen LogP contribution in [0, 0.1) is 0 Å². The average molecular weight is 433 g/mol. The van der Waals surface area contributed by atoms with Crippen LogP contribution in [0.5, 0.6) is 11.5 Å². The Morgan fingerprint density at radius 3 is 2.59 bits per heavy atom. The molecule has 2 N–H and O–H groups in total. The smallest absolute Gasteiger partial charge is 0.231 e. The van der Waals surface area contributed by atoms with Gasteiger partial charge in [-0.1, -0.05) is 6.07 Å². The molecule has 0 spiro atoms. The van der Waals surface area contributed by atoms with Crippen LogP contribution in [0.2, 0.25) is 0 Å². The van der Waals surface area contributed by atoms with Crippen molar-refractivity contribution < 1.29 is 19.0 Å². The second kappa shape index (κ2) is 9.11. The number of ether oxygens (including phenoxy) is 3. The molecule has 3 aromatic rings. The summed E-state index contributed by atoms with van der Waals surface area (Å²) in [7, 11) is 0. The molecule has 32 heavy (non-hydrogen) atoms. The van der Waals surface area contributed by atoms with Gasteiger partial charge in [0, 0.05) is 30.5 Å². The van der Waals surface area contributed by atoms with Gasteiger partial charge >= 0.3 is 0 Å². The van der Waals surface area contributed by atoms with E-state index in [-0.39, 0.29) is 19.1 Å². The third-order valence-corrected chi connectivity index (χ3v) is 5.26. The van der Waals surface area contributed by atoms with Gasteiger partial charge in [0.25, 0.3) is 0 Å². The summed E-state index contributed by atoms with van der Waals surface area (Å²) in [5.74, 6) is 1.94. The number of nitrogens with zero attached hydrogens (tertiary/aromatic N) is 3. The molecular weight excluding hydrogens is 410 g/mol. The number of aromatic nitrogens is 2. The molecule has 1 amide bonds. The van der Waals surface area contributed by atoms with E-state index in [0.29, 0.717) is 30.5 Å². The first-order chi connectivity index (χ1) is 15.7. The van der Waals surface area contributed by atoms with Crippen molar-refractivity contribution in [3.05, 3.63) is 60.3 Å². The first-order valence-electron chi connectivity index (χ1n) is 10.4. The van der Waals surface area contributed by atoms with Crippen LogP contribution < -0.4 is 25.0 Å². The van der Waals surface area contributed by atoms with Crippen molar-refractivity contribution in [3.8, 4) is 11.5 Å². The van der Waals surface area contributed by atoms with E-state index < -0.39 is 0 Å². The highest BCUT2D eigenvalue weighted by Crippen LogP contribution is 2.32. The number of carbonyl (C=O) groups excluding carboxylic acids is 1. The highest BCUT2D eigenvalue weighted by molar-refractivity contribution is 5.92. The molecule has 0 aliphatic carbocycles. The normalized spacial score (nSPS) is 14.8. The maximum absolute atomic E-state index is 12.4. The zero-order valence-corrected chi connectivity index (χ0v) is 17.4. The van der Waals surface area contributed by atoms with Gasteiger partial charge in [-0.25, -0.2) is 0 Å². The topological polar surface area (TPSA) is 97.8 Å². The number of anilines is 4. The molecule has 0 saturated carbocycles. The lowest BCUT2D eigenvalue weighted by Crippen LogP contribution is -2.36. The van der Waals surface area contributed by atoms with Crippen LogP contribution in [0.4, 0.5) is 22.9 Å². The molecular formula is C23H23N5O4. The van der Waals surface area contributed by atoms with E-state index in [2.05, 4.69) is 25.7 Å². The predicted molar refractivity (Wildman–Crippen MR) is 120 cm³/mol. The van der Waals surface area contributed by atoms with Gasteiger partial charge in [0.1, 0.15) is 0 Å². The van der Waals surface area contributed by atoms with Crippen molar-refractivity contribution in [2.24, 2.45) is 0 Å². The first kappa shape index (κ1) is 20.1. The molecule has 0 bridgehead atoms. The quantitative estimate of drug-likeness (QED) is 0.612. The zero-order valence-electron chi connectivity index (χ0n) is 17.4. The average Bonchev–Trinajstić information content (AvgIpc) is 3.29. The molecule has 1 aromatic heterocycles. The van der Waals surface area contributed by atoms with Crippen molar-refractivity contribution in [1.82, 2.24) is 10.2 Å². The maximum atomic E-state index is 12.4. The number of nitrogens with one attached hydrogen (secondary N) is 2. The van der Waals surface area contributed by atoms with Crippen LogP contribution in [-0.2, 0) is 16.0 Å². The Bertz CT molecular complexity index is 1100. The minimum absolute atomic E-state index is 0.103. The summed E-state index contributed by atoms with van der Waals surface area (Å²) in [4.78, 5) is 14.6. The summed E-state index contributed by atoms with van der Waals surface area (Å²) < 4.78 is 16.1. The first-order valence-corrected chi connectivity index (χ1v) is 10.4. The zero-order chi connectivity index (χ0) is 21.8. The molecule has 1 saturated heterocycles. The second-order valence-electron chi connectivity index (χ2n) is 7.51. The van der Waals surface area contributed by atoms with Gasteiger partial charge in [-0.3, -0.25) is 4.79 Å². The van der Waals surface area contributed by atoms with Crippen LogP contribution in [0.1, 0.15) is 5.56 Å². The fraction of sp³-hybridized carbons (Fsp3) is 0.261. The van der Waals surface area contributed by atoms with Crippen molar-refractivity contribution in [3.63, 3.8) is 0 Å². The molecule has 164 valence electrons. The van der Waals surface area contributed by atoms with Gasteiger partial charge in [-0.2, -0.15) is 5.10 Å². The van der Waals surface area contributed by atoms with Gasteiger partial charge in [0.05, 0.1) is 31.5 Å². The Morgan fingerprint density at radius 1 is 0.969 bits per heavy atom. The summed E-state index contributed by atoms with van der Waals surface area (Å²) in [6.45, 7) is 3.33. The Hall–Kier alpha value is -3.85. The van der Waals surface area contributed by atoms with Gasteiger partial charge in [0.2, 0.25) is 12.7 Å². The molecule has 3 heterocycles. The number of fused-ring (bicyclic) bond motifs is 1. The van der Waals surface area contributed by atoms with Crippen LogP contribution >= 0.6 is 0 Å². The van der Waals surface area contributed by atoms with Crippen molar-refractivity contribution in [1.29, 1.82) is 0 Å². The number of morpholine rings is 1. The lowest BCUT2D eigenvalue weighted by atomic mass is 10.1. The number of amides is 1. The summed E-state index contributed by atoms with van der Waals surface area (Å²) in [5.41, 5.74) is 3.45. The summed E-state index contributed by atoms with van der Waals surface area (Å²) in [6, 6.07) is 15.0. The number of benzene rings is 2. The van der Waals surface area contributed by atoms with E-state index in [4.69, 9.17) is 14.2 Å². The summed E-state index contributed by atoms with van der Waals surface area (Å²) in [6.07, 6.45) is 2.01. The Labute approximate surface area is 185 Å². The number of rotatable bonds is 6. The van der Waals surface area contributed by atoms with Crippen LogP contribution in [-0.4, -0.2) is 49.2 Å². The van der Waals surface area contributed by atoms with E-state index in [1.807, 2.05) is 48.5 Å². The Balaban J connectivity index is 1.18. The third-order valence-electron chi connectivity index (χ3n) is 5.26. The fourth-order valence-electron chi connectivity index (χ4n) is 3.64. The molecule has 2 aliphatic rings. The minimum Gasteiger partial charge on any atom is -0.454 e. The summed E-state index contributed by atoms with van der Waals surface area (Å²) >= 11 is 0. The van der Waals surface area contributed by atoms with E-state index in [9.17, 15) is 4.79 Å². The van der Waals surface area contributed by atoms with Gasteiger partial charge in [-0.15, -0.1) is 5.10 Å². The Kier molecular flexibility index (Phi) is 5.71. The second-order valence-corrected chi connectivity index (χ2v) is 7.51. The highest BCUT2D eigenvalue weighted by Gasteiger charge is 2.15. The molecule has 9 heteroatoms. The molecule has 0 atom stereocenters. The molecule has 5 rings (SSSR count). The maximum Gasteiger partial charge on any atom is 0.231 e. The molecule has 9 nitrogen and oxygen atoms in total. The molecule has 1 fully saturated rings. The largest absolute Gasteiger partial charge is 0.454 e. The Morgan fingerprint density at radius 2 is 1.75 bits per heavy atom. The fourth-order valence-corrected chi connectivity index (χ4v) is 3.64. The molecule has 2 aromatic carbocycles. The van der Waals surface area contributed by atoms with E-state index in [1.165, 1.54) is 0 Å². The minimum atomic E-state index is -0.103. The highest BCUT2D eigenvalue weighted by atomic mass is 16.7. The SMILES string of the molecule is O=C(Cc1ccc2c(c1)OCO2)Nc1ccc(Nc2cc(N3CCOCC3)cnn2)cc1. The van der Waals surface area contributed by atoms with E-state index in [0.717, 1.165) is 35.7 Å². The molecule has 0 radical (unpaired) electrons. The van der Waals surface area contributed by atoms with Crippen molar-refractivity contribution >= 4 is 28.8 Å². The molecule has 2 aliphatic heterocycles. The van der Waals surface area contributed by atoms with Gasteiger partial charge in [-0.05, 0) is 42.0 Å². The van der Waals surface area contributed by atoms with Crippen LogP contribution in [0.3, 0.4) is 0 Å². The molecule has 0 unspecified atom stereocenters. The van der Waals surface area contributed by atoms with Crippen LogP contribution in [0.25, 0.3) is 0 Å². The predicted octanol–water partition coefficient (Wildman–Crippen LogP) is 2.97. The monoisotopic (exact) mass is 433 g/mol. The third kappa shape index (κ3) is 4.73. The van der Waals surface area contributed by atoms with Gasteiger partial charge in [0.15, 0.2) is 17.3 Å². The van der Waals surface area contributed by atoms with Gasteiger partial charge < -0.3 is 29.7 Å². The van der Waals surface area contributed by atoms with E-state index >= 15 is 0 Å². The standard InChI is InChI=1S/C23H23N5O4/c29-23(12-16-1-6-20-21(11-16)32-15-31-20)26-18-4-2-17(3-5-18)25-22-13-19(14-24-27-22)28-7-9-30-10-8-28/h1-6,11,13-14H,7-10,12,15H2,(H,25,27)(H,26,29). The lowest BCUT2D eigenvalue weighted by molar-refractivity contribution is -0.115. The van der Waals surface area contributed by atoms with E-state index in [1.54, 1.807) is 6.20 Å². The number of hydrogen-bond acceptors (Lipinski definition) is 8.